The van der Waals surface area contributed by atoms with Crippen LogP contribution in [0.2, 0.25) is 0 Å². The number of ether oxygens (including phenoxy) is 1. The smallest absolute Gasteiger partial charge is 0.274 e. The molecule has 0 bridgehead atoms. The largest absolute Gasteiger partial charge is 0.378 e. The molecule has 1 N–H and O–H groups in total. The summed E-state index contributed by atoms with van der Waals surface area (Å²) < 4.78 is 8.08. The number of nitrogens with one attached hydrogen (secondary N) is 1. The summed E-state index contributed by atoms with van der Waals surface area (Å²) in [5.74, 6) is 0.107. The van der Waals surface area contributed by atoms with Crippen LogP contribution >= 0.6 is 0 Å². The van der Waals surface area contributed by atoms with Crippen LogP contribution in [0.1, 0.15) is 81.7 Å². The zero-order valence-electron chi connectivity index (χ0n) is 17.5. The molecule has 1 saturated heterocycles. The first kappa shape index (κ1) is 19.9. The number of hydrogen-bond acceptors (Lipinski definition) is 4. The summed E-state index contributed by atoms with van der Waals surface area (Å²) in [6.07, 6.45) is 11.5. The molecule has 1 aromatic rings. The van der Waals surface area contributed by atoms with Gasteiger partial charge < -0.3 is 15.0 Å². The normalized spacial score (nSPS) is 29.0. The van der Waals surface area contributed by atoms with Crippen LogP contribution in [-0.2, 0) is 4.74 Å². The van der Waals surface area contributed by atoms with Gasteiger partial charge in [-0.25, -0.2) is 0 Å². The lowest BCUT2D eigenvalue weighted by Gasteiger charge is -2.57. The fraction of sp³-hybridized carbons (Fsp3) is 0.818. The summed E-state index contributed by atoms with van der Waals surface area (Å²) >= 11 is 0. The Bertz CT molecular complexity index is 661. The van der Waals surface area contributed by atoms with Crippen LogP contribution in [0.15, 0.2) is 12.3 Å². The van der Waals surface area contributed by atoms with Crippen LogP contribution < -0.4 is 5.32 Å². The molecular weight excluding hydrogens is 352 g/mol. The first-order valence-corrected chi connectivity index (χ1v) is 11.4. The van der Waals surface area contributed by atoms with Crippen LogP contribution in [0.25, 0.3) is 0 Å². The number of amides is 1. The van der Waals surface area contributed by atoms with Crippen molar-refractivity contribution in [2.24, 2.45) is 5.41 Å². The Balaban J connectivity index is 1.51. The highest BCUT2D eigenvalue weighted by Crippen LogP contribution is 2.56. The Morgan fingerprint density at radius 2 is 2.18 bits per heavy atom. The number of hydrogen-bond donors (Lipinski definition) is 1. The second-order valence-electron chi connectivity index (χ2n) is 8.82. The molecule has 1 amide bonds. The Morgan fingerprint density at radius 3 is 2.86 bits per heavy atom. The molecule has 2 saturated carbocycles. The van der Waals surface area contributed by atoms with E-state index in [0.29, 0.717) is 23.9 Å². The molecule has 1 spiro atoms. The highest BCUT2D eigenvalue weighted by molar-refractivity contribution is 5.92. The third-order valence-corrected chi connectivity index (χ3v) is 7.22. The van der Waals surface area contributed by atoms with E-state index < -0.39 is 0 Å². The predicted octanol–water partition coefficient (Wildman–Crippen LogP) is 3.40. The fourth-order valence-corrected chi connectivity index (χ4v) is 5.79. The lowest BCUT2D eigenvalue weighted by Crippen LogP contribution is -2.65. The van der Waals surface area contributed by atoms with E-state index in [1.54, 1.807) is 0 Å². The average molecular weight is 389 g/mol. The van der Waals surface area contributed by atoms with Gasteiger partial charge in [0.2, 0.25) is 0 Å². The minimum absolute atomic E-state index is 0.107. The summed E-state index contributed by atoms with van der Waals surface area (Å²) in [7, 11) is 0. The lowest BCUT2D eigenvalue weighted by molar-refractivity contribution is -0.156. The van der Waals surface area contributed by atoms with Gasteiger partial charge in [-0.1, -0.05) is 19.8 Å². The van der Waals surface area contributed by atoms with Crippen molar-refractivity contribution in [2.45, 2.75) is 83.4 Å². The second-order valence-corrected chi connectivity index (χ2v) is 8.82. The van der Waals surface area contributed by atoms with Gasteiger partial charge in [0.05, 0.1) is 12.1 Å². The highest BCUT2D eigenvalue weighted by atomic mass is 16.5. The average Bonchev–Trinajstić information content (AvgIpc) is 3.41. The van der Waals surface area contributed by atoms with Crippen molar-refractivity contribution in [2.75, 3.05) is 26.2 Å². The molecule has 6 nitrogen and oxygen atoms in total. The molecule has 156 valence electrons. The molecule has 3 unspecified atom stereocenters. The molecule has 3 aliphatic rings. The van der Waals surface area contributed by atoms with Crippen LogP contribution in [0, 0.1) is 5.41 Å². The molecule has 28 heavy (non-hydrogen) atoms. The van der Waals surface area contributed by atoms with E-state index in [-0.39, 0.29) is 11.3 Å². The van der Waals surface area contributed by atoms with Crippen LogP contribution in [0.3, 0.4) is 0 Å². The van der Waals surface area contributed by atoms with Gasteiger partial charge in [0.25, 0.3) is 5.91 Å². The van der Waals surface area contributed by atoms with Crippen molar-refractivity contribution < 1.29 is 9.53 Å². The van der Waals surface area contributed by atoms with Crippen molar-refractivity contribution in [3.8, 4) is 0 Å². The monoisotopic (exact) mass is 388 g/mol. The molecular formula is C22H36N4O2. The summed E-state index contributed by atoms with van der Waals surface area (Å²) in [5, 5.41) is 8.13. The van der Waals surface area contributed by atoms with E-state index in [0.717, 1.165) is 45.5 Å². The van der Waals surface area contributed by atoms with Gasteiger partial charge in [-0.05, 0) is 58.1 Å². The Labute approximate surface area is 169 Å². The van der Waals surface area contributed by atoms with E-state index in [1.807, 2.05) is 16.9 Å². The van der Waals surface area contributed by atoms with Crippen molar-refractivity contribution in [1.82, 2.24) is 20.0 Å². The standard InChI is InChI=1S/C22H36N4O2/c1-3-13-25(19-15-20(28-4-2)22(19)10-5-6-11-22)21(27)18-9-14-26(24-18)17-8-7-12-23-16-17/h9,14,17,19-20,23H,3-8,10-13,15-16H2,1-2H3. The third-order valence-electron chi connectivity index (χ3n) is 7.22. The molecule has 1 aliphatic heterocycles. The van der Waals surface area contributed by atoms with Gasteiger partial charge in [-0.3, -0.25) is 9.48 Å². The van der Waals surface area contributed by atoms with Crippen molar-refractivity contribution in [1.29, 1.82) is 0 Å². The molecule has 3 atom stereocenters. The lowest BCUT2D eigenvalue weighted by atomic mass is 9.59. The summed E-state index contributed by atoms with van der Waals surface area (Å²) in [5.41, 5.74) is 0.781. The minimum atomic E-state index is 0.107. The number of carbonyl (C=O) groups is 1. The number of aromatic nitrogens is 2. The van der Waals surface area contributed by atoms with Crippen molar-refractivity contribution in [3.63, 3.8) is 0 Å². The van der Waals surface area contributed by atoms with Crippen molar-refractivity contribution in [3.05, 3.63) is 18.0 Å². The van der Waals surface area contributed by atoms with E-state index in [9.17, 15) is 4.79 Å². The molecule has 0 aromatic carbocycles. The van der Waals surface area contributed by atoms with Crippen molar-refractivity contribution >= 4 is 5.91 Å². The maximum absolute atomic E-state index is 13.5. The Kier molecular flexibility index (Phi) is 6.07. The topological polar surface area (TPSA) is 59.4 Å². The van der Waals surface area contributed by atoms with Crippen LogP contribution in [0.4, 0.5) is 0 Å². The first-order valence-electron chi connectivity index (χ1n) is 11.4. The molecule has 0 radical (unpaired) electrons. The quantitative estimate of drug-likeness (QED) is 0.778. The maximum Gasteiger partial charge on any atom is 0.274 e. The zero-order valence-corrected chi connectivity index (χ0v) is 17.5. The molecule has 6 heteroatoms. The summed E-state index contributed by atoms with van der Waals surface area (Å²) in [4.78, 5) is 15.6. The van der Waals surface area contributed by atoms with Gasteiger partial charge in [0.1, 0.15) is 5.69 Å². The number of nitrogens with zero attached hydrogens (tertiary/aromatic N) is 3. The fourth-order valence-electron chi connectivity index (χ4n) is 5.79. The summed E-state index contributed by atoms with van der Waals surface area (Å²) in [6.45, 7) is 7.83. The van der Waals surface area contributed by atoms with Crippen LogP contribution in [0.5, 0.6) is 0 Å². The molecule has 2 heterocycles. The third kappa shape index (κ3) is 3.50. The molecule has 3 fully saturated rings. The second kappa shape index (κ2) is 8.54. The molecule has 1 aromatic heterocycles. The Morgan fingerprint density at radius 1 is 1.36 bits per heavy atom. The zero-order chi connectivity index (χ0) is 19.6. The van der Waals surface area contributed by atoms with E-state index in [2.05, 4.69) is 24.1 Å². The van der Waals surface area contributed by atoms with E-state index in [4.69, 9.17) is 9.84 Å². The SMILES string of the molecule is CCCN(C(=O)c1ccn(C2CCCNC2)n1)C1CC(OCC)C12CCCC2. The number of rotatable bonds is 7. The van der Waals surface area contributed by atoms with E-state index >= 15 is 0 Å². The number of carbonyl (C=O) groups excluding carboxylic acids is 1. The highest BCUT2D eigenvalue weighted by Gasteiger charge is 2.59. The Hall–Kier alpha value is -1.40. The van der Waals surface area contributed by atoms with Crippen LogP contribution in [-0.4, -0.2) is 59.0 Å². The predicted molar refractivity (Wildman–Crippen MR) is 109 cm³/mol. The minimum Gasteiger partial charge on any atom is -0.378 e. The van der Waals surface area contributed by atoms with E-state index in [1.165, 1.54) is 32.1 Å². The molecule has 4 rings (SSSR count). The number of piperidine rings is 1. The van der Waals surface area contributed by atoms with Gasteiger partial charge in [-0.15, -0.1) is 0 Å². The van der Waals surface area contributed by atoms with Gasteiger partial charge in [-0.2, -0.15) is 5.10 Å². The summed E-state index contributed by atoms with van der Waals surface area (Å²) in [6, 6.07) is 2.59. The van der Waals surface area contributed by atoms with Gasteiger partial charge in [0, 0.05) is 37.4 Å². The van der Waals surface area contributed by atoms with Gasteiger partial charge in [0.15, 0.2) is 0 Å². The molecule has 2 aliphatic carbocycles. The maximum atomic E-state index is 13.5. The first-order chi connectivity index (χ1) is 13.7. The van der Waals surface area contributed by atoms with Gasteiger partial charge >= 0.3 is 0 Å².